The van der Waals surface area contributed by atoms with E-state index in [1.165, 1.54) is 15.0 Å². The van der Waals surface area contributed by atoms with E-state index in [2.05, 4.69) is 42.5 Å². The number of thiophene rings is 1. The van der Waals surface area contributed by atoms with E-state index in [0.717, 1.165) is 6.61 Å². The maximum Gasteiger partial charge on any atom is 0.110 e. The van der Waals surface area contributed by atoms with Gasteiger partial charge in [0, 0.05) is 9.58 Å². The minimum Gasteiger partial charge on any atom is -0.365 e. The highest BCUT2D eigenvalue weighted by Crippen LogP contribution is 2.33. The summed E-state index contributed by atoms with van der Waals surface area (Å²) in [5.41, 5.74) is 0. The van der Waals surface area contributed by atoms with Gasteiger partial charge in [0.15, 0.2) is 0 Å². The summed E-state index contributed by atoms with van der Waals surface area (Å²) in [6.07, 6.45) is 4.40. The standard InChI is InChI=1S/C12H10OS/c1-2-6-11-9(4-1)8-12(14-11)10-5-3-7-13-10/h1-6,8,10H,7H2/t10-/m0/s1. The molecule has 1 aromatic carbocycles. The van der Waals surface area contributed by atoms with Crippen LogP contribution in [0.1, 0.15) is 11.0 Å². The number of benzene rings is 1. The molecule has 14 heavy (non-hydrogen) atoms. The lowest BCUT2D eigenvalue weighted by molar-refractivity contribution is 0.132. The van der Waals surface area contributed by atoms with Crippen molar-refractivity contribution in [2.45, 2.75) is 6.10 Å². The molecule has 2 aromatic rings. The van der Waals surface area contributed by atoms with Crippen LogP contribution in [-0.2, 0) is 4.74 Å². The van der Waals surface area contributed by atoms with Gasteiger partial charge in [-0.05, 0) is 17.5 Å². The second kappa shape index (κ2) is 3.23. The van der Waals surface area contributed by atoms with Gasteiger partial charge < -0.3 is 4.74 Å². The van der Waals surface area contributed by atoms with Gasteiger partial charge in [-0.15, -0.1) is 11.3 Å². The highest BCUT2D eigenvalue weighted by Gasteiger charge is 2.14. The molecule has 1 aromatic heterocycles. The van der Waals surface area contributed by atoms with Crippen LogP contribution in [0.4, 0.5) is 0 Å². The zero-order valence-electron chi connectivity index (χ0n) is 7.64. The monoisotopic (exact) mass is 202 g/mol. The number of ether oxygens (including phenoxy) is 1. The van der Waals surface area contributed by atoms with Crippen LogP contribution in [0.3, 0.4) is 0 Å². The van der Waals surface area contributed by atoms with Crippen molar-refractivity contribution in [2.75, 3.05) is 6.61 Å². The quantitative estimate of drug-likeness (QED) is 0.643. The van der Waals surface area contributed by atoms with Gasteiger partial charge in [0.1, 0.15) is 6.10 Å². The summed E-state index contributed by atoms with van der Waals surface area (Å²) >= 11 is 1.82. The van der Waals surface area contributed by atoms with Crippen molar-refractivity contribution >= 4 is 21.4 Å². The van der Waals surface area contributed by atoms with Crippen molar-refractivity contribution in [3.63, 3.8) is 0 Å². The Balaban J connectivity index is 2.09. The van der Waals surface area contributed by atoms with Gasteiger partial charge in [0.25, 0.3) is 0 Å². The van der Waals surface area contributed by atoms with Gasteiger partial charge in [0.05, 0.1) is 6.61 Å². The molecule has 0 saturated heterocycles. The number of hydrogen-bond acceptors (Lipinski definition) is 2. The molecule has 1 aliphatic rings. The van der Waals surface area contributed by atoms with Gasteiger partial charge in [-0.1, -0.05) is 30.4 Å². The predicted octanol–water partition coefficient (Wildman–Crippen LogP) is 3.53. The summed E-state index contributed by atoms with van der Waals surface area (Å²) in [5, 5.41) is 1.32. The average Bonchev–Trinajstić information content (AvgIpc) is 2.86. The number of fused-ring (bicyclic) bond motifs is 1. The molecule has 0 radical (unpaired) electrons. The lowest BCUT2D eigenvalue weighted by atomic mass is 10.2. The summed E-state index contributed by atoms with van der Waals surface area (Å²) < 4.78 is 6.91. The third-order valence-electron chi connectivity index (χ3n) is 2.41. The fourth-order valence-electron chi connectivity index (χ4n) is 1.71. The SMILES string of the molecule is C1=C[C@@H](c2cc3ccccc3s2)OC1. The van der Waals surface area contributed by atoms with E-state index in [-0.39, 0.29) is 6.10 Å². The zero-order valence-corrected chi connectivity index (χ0v) is 8.46. The van der Waals surface area contributed by atoms with E-state index in [1.54, 1.807) is 0 Å². The Kier molecular flexibility index (Phi) is 1.89. The van der Waals surface area contributed by atoms with Crippen LogP contribution in [0.2, 0.25) is 0 Å². The van der Waals surface area contributed by atoms with Gasteiger partial charge in [0.2, 0.25) is 0 Å². The second-order valence-corrected chi connectivity index (χ2v) is 4.48. The third kappa shape index (κ3) is 1.27. The summed E-state index contributed by atoms with van der Waals surface area (Å²) in [7, 11) is 0. The first-order valence-corrected chi connectivity index (χ1v) is 5.52. The maximum absolute atomic E-state index is 5.57. The number of rotatable bonds is 1. The topological polar surface area (TPSA) is 9.23 Å². The Morgan fingerprint density at radius 3 is 3.00 bits per heavy atom. The van der Waals surface area contributed by atoms with E-state index < -0.39 is 0 Å². The smallest absolute Gasteiger partial charge is 0.110 e. The number of hydrogen-bond donors (Lipinski definition) is 0. The Bertz CT molecular complexity index is 451. The predicted molar refractivity (Wildman–Crippen MR) is 59.7 cm³/mol. The third-order valence-corrected chi connectivity index (χ3v) is 3.59. The summed E-state index contributed by atoms with van der Waals surface area (Å²) in [6, 6.07) is 10.7. The molecule has 0 aliphatic carbocycles. The van der Waals surface area contributed by atoms with E-state index in [9.17, 15) is 0 Å². The molecule has 0 N–H and O–H groups in total. The first kappa shape index (κ1) is 8.21. The average molecular weight is 202 g/mol. The molecule has 2 heteroatoms. The van der Waals surface area contributed by atoms with Crippen LogP contribution in [0.25, 0.3) is 10.1 Å². The normalized spacial score (nSPS) is 20.7. The molecule has 1 aliphatic heterocycles. The molecule has 0 unspecified atom stereocenters. The van der Waals surface area contributed by atoms with Gasteiger partial charge in [-0.2, -0.15) is 0 Å². The van der Waals surface area contributed by atoms with Crippen molar-refractivity contribution in [2.24, 2.45) is 0 Å². The zero-order chi connectivity index (χ0) is 9.38. The molecule has 0 spiro atoms. The van der Waals surface area contributed by atoms with Gasteiger partial charge >= 0.3 is 0 Å². The summed E-state index contributed by atoms with van der Waals surface area (Å²) in [5.74, 6) is 0. The lowest BCUT2D eigenvalue weighted by Crippen LogP contribution is -1.91. The fraction of sp³-hybridized carbons (Fsp3) is 0.167. The maximum atomic E-state index is 5.57. The molecule has 3 rings (SSSR count). The summed E-state index contributed by atoms with van der Waals surface area (Å²) in [6.45, 7) is 0.749. The first-order chi connectivity index (χ1) is 6.93. The molecule has 0 bridgehead atoms. The molecule has 0 fully saturated rings. The van der Waals surface area contributed by atoms with Crippen LogP contribution in [-0.4, -0.2) is 6.61 Å². The Labute approximate surface area is 86.6 Å². The molecule has 1 atom stereocenters. The van der Waals surface area contributed by atoms with E-state index in [0.29, 0.717) is 0 Å². The van der Waals surface area contributed by atoms with E-state index in [4.69, 9.17) is 4.74 Å². The molecular weight excluding hydrogens is 192 g/mol. The Hall–Kier alpha value is -1.12. The highest BCUT2D eigenvalue weighted by molar-refractivity contribution is 7.19. The van der Waals surface area contributed by atoms with Crippen LogP contribution >= 0.6 is 11.3 Å². The van der Waals surface area contributed by atoms with Crippen LogP contribution in [0.15, 0.2) is 42.5 Å². The molecule has 0 amide bonds. The van der Waals surface area contributed by atoms with Crippen molar-refractivity contribution < 1.29 is 4.74 Å². The largest absolute Gasteiger partial charge is 0.365 e. The van der Waals surface area contributed by atoms with Crippen molar-refractivity contribution in [3.8, 4) is 0 Å². The Morgan fingerprint density at radius 1 is 1.29 bits per heavy atom. The van der Waals surface area contributed by atoms with Crippen molar-refractivity contribution in [1.29, 1.82) is 0 Å². The second-order valence-electron chi connectivity index (χ2n) is 3.37. The molecule has 0 saturated carbocycles. The van der Waals surface area contributed by atoms with Crippen molar-refractivity contribution in [1.82, 2.24) is 0 Å². The highest BCUT2D eigenvalue weighted by atomic mass is 32.1. The summed E-state index contributed by atoms with van der Waals surface area (Å²) in [4.78, 5) is 1.31. The van der Waals surface area contributed by atoms with Crippen LogP contribution in [0, 0.1) is 0 Å². The molecule has 1 nitrogen and oxygen atoms in total. The minimum atomic E-state index is 0.187. The fourth-order valence-corrected chi connectivity index (χ4v) is 2.81. The molecular formula is C12H10OS. The van der Waals surface area contributed by atoms with Crippen LogP contribution < -0.4 is 0 Å². The van der Waals surface area contributed by atoms with E-state index in [1.807, 2.05) is 11.3 Å². The van der Waals surface area contributed by atoms with Gasteiger partial charge in [-0.3, -0.25) is 0 Å². The van der Waals surface area contributed by atoms with Crippen molar-refractivity contribution in [3.05, 3.63) is 47.4 Å². The van der Waals surface area contributed by atoms with E-state index >= 15 is 0 Å². The lowest BCUT2D eigenvalue weighted by Gasteiger charge is -2.03. The minimum absolute atomic E-state index is 0.187. The molecule has 2 heterocycles. The molecule has 70 valence electrons. The van der Waals surface area contributed by atoms with Gasteiger partial charge in [-0.25, -0.2) is 0 Å². The van der Waals surface area contributed by atoms with Crippen LogP contribution in [0.5, 0.6) is 0 Å². The first-order valence-electron chi connectivity index (χ1n) is 4.70. The Morgan fingerprint density at radius 2 is 2.21 bits per heavy atom.